The molecule has 118 valence electrons. The van der Waals surface area contributed by atoms with Gasteiger partial charge < -0.3 is 10.2 Å². The van der Waals surface area contributed by atoms with Gasteiger partial charge in [-0.05, 0) is 5.56 Å². The summed E-state index contributed by atoms with van der Waals surface area (Å²) < 4.78 is 0. The van der Waals surface area contributed by atoms with Crippen LogP contribution >= 0.6 is 0 Å². The van der Waals surface area contributed by atoms with Gasteiger partial charge in [0.05, 0.1) is 5.92 Å². The van der Waals surface area contributed by atoms with E-state index in [-0.39, 0.29) is 29.7 Å². The van der Waals surface area contributed by atoms with Crippen LogP contribution in [-0.2, 0) is 9.59 Å². The predicted molar refractivity (Wildman–Crippen MR) is 84.4 cm³/mol. The van der Waals surface area contributed by atoms with E-state index in [2.05, 4.69) is 22.3 Å². The molecule has 2 amide bonds. The molecule has 0 aromatic heterocycles. The third-order valence-electron chi connectivity index (χ3n) is 5.03. The van der Waals surface area contributed by atoms with Gasteiger partial charge in [-0.1, -0.05) is 30.3 Å². The number of nitrogens with one attached hydrogen (secondary N) is 1. The summed E-state index contributed by atoms with van der Waals surface area (Å²) in [6, 6.07) is 10.4. The predicted octanol–water partition coefficient (Wildman–Crippen LogP) is 0.679. The van der Waals surface area contributed by atoms with Crippen LogP contribution in [0.1, 0.15) is 18.4 Å². The zero-order chi connectivity index (χ0) is 15.7. The van der Waals surface area contributed by atoms with E-state index in [0.29, 0.717) is 6.54 Å². The Balaban J connectivity index is 1.92. The summed E-state index contributed by atoms with van der Waals surface area (Å²) in [5.41, 5.74) is 1.19. The normalized spacial score (nSPS) is 28.3. The average Bonchev–Trinajstić information content (AvgIpc) is 2.93. The molecule has 1 aromatic carbocycles. The van der Waals surface area contributed by atoms with Crippen molar-refractivity contribution < 1.29 is 9.59 Å². The van der Waals surface area contributed by atoms with Gasteiger partial charge in [-0.2, -0.15) is 0 Å². The average molecular weight is 301 g/mol. The Morgan fingerprint density at radius 3 is 2.50 bits per heavy atom. The molecule has 3 rings (SSSR count). The Hall–Kier alpha value is -1.88. The van der Waals surface area contributed by atoms with Crippen molar-refractivity contribution in [1.82, 2.24) is 15.1 Å². The van der Waals surface area contributed by atoms with Gasteiger partial charge in [-0.15, -0.1) is 0 Å². The Labute approximate surface area is 131 Å². The summed E-state index contributed by atoms with van der Waals surface area (Å²) >= 11 is 0. The molecule has 3 atom stereocenters. The third-order valence-corrected chi connectivity index (χ3v) is 5.03. The van der Waals surface area contributed by atoms with Gasteiger partial charge in [-0.3, -0.25) is 14.5 Å². The van der Waals surface area contributed by atoms with Crippen molar-refractivity contribution >= 4 is 11.8 Å². The molecular weight excluding hydrogens is 278 g/mol. The molecule has 0 radical (unpaired) electrons. The van der Waals surface area contributed by atoms with Crippen LogP contribution < -0.4 is 5.32 Å². The van der Waals surface area contributed by atoms with Crippen molar-refractivity contribution in [2.24, 2.45) is 5.92 Å². The second-order valence-corrected chi connectivity index (χ2v) is 6.18. The maximum atomic E-state index is 12.3. The van der Waals surface area contributed by atoms with E-state index in [1.54, 1.807) is 14.0 Å². The maximum Gasteiger partial charge on any atom is 0.224 e. The lowest BCUT2D eigenvalue weighted by Gasteiger charge is -2.39. The fourth-order valence-corrected chi connectivity index (χ4v) is 3.90. The molecule has 0 spiro atoms. The van der Waals surface area contributed by atoms with Crippen LogP contribution in [-0.4, -0.2) is 60.9 Å². The lowest BCUT2D eigenvalue weighted by molar-refractivity contribution is -0.131. The second-order valence-electron chi connectivity index (χ2n) is 6.18. The first kappa shape index (κ1) is 15.0. The van der Waals surface area contributed by atoms with Gasteiger partial charge in [0.2, 0.25) is 11.8 Å². The van der Waals surface area contributed by atoms with Crippen LogP contribution in [0.5, 0.6) is 0 Å². The zero-order valence-corrected chi connectivity index (χ0v) is 13.2. The van der Waals surface area contributed by atoms with Gasteiger partial charge in [0.25, 0.3) is 0 Å². The maximum absolute atomic E-state index is 12.3. The summed E-state index contributed by atoms with van der Waals surface area (Å²) in [6.07, 6.45) is 0. The summed E-state index contributed by atoms with van der Waals surface area (Å²) in [5.74, 6) is 0.306. The summed E-state index contributed by atoms with van der Waals surface area (Å²) in [7, 11) is 1.70. The number of carbonyl (C=O) groups is 2. The molecule has 0 saturated carbocycles. The molecule has 2 saturated heterocycles. The summed E-state index contributed by atoms with van der Waals surface area (Å²) in [5, 5.41) is 2.80. The lowest BCUT2D eigenvalue weighted by Crippen LogP contribution is -2.52. The first-order valence-electron chi connectivity index (χ1n) is 7.88. The van der Waals surface area contributed by atoms with Crippen LogP contribution in [0.25, 0.3) is 0 Å². The smallest absolute Gasteiger partial charge is 0.224 e. The minimum atomic E-state index is -0.0516. The Morgan fingerprint density at radius 1 is 1.14 bits per heavy atom. The number of benzene rings is 1. The fraction of sp³-hybridized carbons (Fsp3) is 0.529. The van der Waals surface area contributed by atoms with Crippen LogP contribution in [0, 0.1) is 5.92 Å². The van der Waals surface area contributed by atoms with Gasteiger partial charge in [0.15, 0.2) is 0 Å². The molecule has 2 aliphatic heterocycles. The van der Waals surface area contributed by atoms with E-state index in [4.69, 9.17) is 0 Å². The van der Waals surface area contributed by atoms with Crippen LogP contribution in [0.4, 0.5) is 0 Å². The minimum Gasteiger partial charge on any atom is -0.359 e. The molecule has 5 nitrogen and oxygen atoms in total. The highest BCUT2D eigenvalue weighted by molar-refractivity contribution is 5.80. The number of rotatable bonds is 2. The van der Waals surface area contributed by atoms with Gasteiger partial charge >= 0.3 is 0 Å². The standard InChI is InChI=1S/C17H23N3O2/c1-12(21)19-8-9-20-10-14(17(22)18-2)16(15(20)11-19)13-6-4-3-5-7-13/h3-7,14-16H,8-11H2,1-2H3,(H,18,22)/t14-,15-,16+/m1/s1. The molecule has 2 aliphatic rings. The number of amides is 2. The van der Waals surface area contributed by atoms with E-state index in [9.17, 15) is 9.59 Å². The highest BCUT2D eigenvalue weighted by Crippen LogP contribution is 2.39. The molecule has 22 heavy (non-hydrogen) atoms. The molecule has 0 unspecified atom stereocenters. The molecule has 0 bridgehead atoms. The van der Waals surface area contributed by atoms with Gasteiger partial charge in [-0.25, -0.2) is 0 Å². The van der Waals surface area contributed by atoms with Crippen LogP contribution in [0.2, 0.25) is 0 Å². The van der Waals surface area contributed by atoms with Gasteiger partial charge in [0.1, 0.15) is 0 Å². The lowest BCUT2D eigenvalue weighted by atomic mass is 9.83. The van der Waals surface area contributed by atoms with Gasteiger partial charge in [0, 0.05) is 52.1 Å². The number of carbonyl (C=O) groups excluding carboxylic acids is 2. The molecule has 2 heterocycles. The third kappa shape index (κ3) is 2.61. The highest BCUT2D eigenvalue weighted by Gasteiger charge is 2.47. The zero-order valence-electron chi connectivity index (χ0n) is 13.2. The number of fused-ring (bicyclic) bond motifs is 1. The SMILES string of the molecule is CNC(=O)[C@@H]1CN2CCN(C(C)=O)C[C@@H]2[C@H]1c1ccccc1. The van der Waals surface area contributed by atoms with Crippen LogP contribution in [0.3, 0.4) is 0 Å². The van der Waals surface area contributed by atoms with Crippen molar-refractivity contribution in [3.05, 3.63) is 35.9 Å². The Bertz CT molecular complexity index is 560. The first-order chi connectivity index (χ1) is 10.6. The fourth-order valence-electron chi connectivity index (χ4n) is 3.90. The molecule has 0 aliphatic carbocycles. The Morgan fingerprint density at radius 2 is 1.86 bits per heavy atom. The molecular formula is C17H23N3O2. The summed E-state index contributed by atoms with van der Waals surface area (Å²) in [4.78, 5) is 28.3. The quantitative estimate of drug-likeness (QED) is 0.874. The number of hydrogen-bond acceptors (Lipinski definition) is 3. The summed E-state index contributed by atoms with van der Waals surface area (Å²) in [6.45, 7) is 4.71. The number of hydrogen-bond donors (Lipinski definition) is 1. The van der Waals surface area contributed by atoms with E-state index in [1.807, 2.05) is 23.1 Å². The number of nitrogens with zero attached hydrogens (tertiary/aromatic N) is 2. The topological polar surface area (TPSA) is 52.7 Å². The molecule has 1 aromatic rings. The second kappa shape index (κ2) is 6.08. The molecule has 1 N–H and O–H groups in total. The molecule has 5 heteroatoms. The first-order valence-corrected chi connectivity index (χ1v) is 7.88. The van der Waals surface area contributed by atoms with E-state index in [1.165, 1.54) is 5.56 Å². The van der Waals surface area contributed by atoms with Crippen molar-refractivity contribution in [2.75, 3.05) is 33.2 Å². The van der Waals surface area contributed by atoms with Crippen molar-refractivity contribution in [2.45, 2.75) is 18.9 Å². The van der Waals surface area contributed by atoms with Crippen LogP contribution in [0.15, 0.2) is 30.3 Å². The molecule has 2 fully saturated rings. The van der Waals surface area contributed by atoms with E-state index < -0.39 is 0 Å². The van der Waals surface area contributed by atoms with Crippen molar-refractivity contribution in [1.29, 1.82) is 0 Å². The Kier molecular flexibility index (Phi) is 4.16. The number of piperazine rings is 1. The van der Waals surface area contributed by atoms with Crippen molar-refractivity contribution in [3.8, 4) is 0 Å². The highest BCUT2D eigenvalue weighted by atomic mass is 16.2. The largest absolute Gasteiger partial charge is 0.359 e. The van der Waals surface area contributed by atoms with E-state index in [0.717, 1.165) is 19.6 Å². The van der Waals surface area contributed by atoms with Crippen molar-refractivity contribution in [3.63, 3.8) is 0 Å². The van der Waals surface area contributed by atoms with E-state index >= 15 is 0 Å². The minimum absolute atomic E-state index is 0.0516. The monoisotopic (exact) mass is 301 g/mol.